The molecule has 1 amide bonds. The molecule has 0 fully saturated rings. The number of sulfonamides is 1. The molecule has 2 N–H and O–H groups in total. The van der Waals surface area contributed by atoms with Gasteiger partial charge in [0.1, 0.15) is 10.6 Å². The Kier molecular flexibility index (Phi) is 7.40. The van der Waals surface area contributed by atoms with E-state index in [1.165, 1.54) is 25.3 Å². The molecular formula is C24H24ClN3O4S. The standard InChI is InChI=1S/C24H24ClN3O4S/c1-15-9-10-18(13-16(15)2)17(3)26-27-24(29)19-11-12-20(25)23(14-19)33(30,31)28-21-7-5-6-8-22(21)32-4/h5-14,28H,1-4H3,(H,27,29)/b26-17-. The van der Waals surface area contributed by atoms with Crippen LogP contribution in [-0.4, -0.2) is 27.1 Å². The van der Waals surface area contributed by atoms with E-state index in [9.17, 15) is 13.2 Å². The largest absolute Gasteiger partial charge is 0.495 e. The van der Waals surface area contributed by atoms with Crippen LogP contribution < -0.4 is 14.9 Å². The average molecular weight is 486 g/mol. The molecular weight excluding hydrogens is 462 g/mol. The van der Waals surface area contributed by atoms with Crippen molar-refractivity contribution in [2.45, 2.75) is 25.7 Å². The summed E-state index contributed by atoms with van der Waals surface area (Å²) in [4.78, 5) is 12.4. The fourth-order valence-electron chi connectivity index (χ4n) is 3.01. The molecule has 0 atom stereocenters. The maximum atomic E-state index is 13.0. The average Bonchev–Trinajstić information content (AvgIpc) is 2.79. The number of amides is 1. The van der Waals surface area contributed by atoms with Crippen molar-refractivity contribution in [1.82, 2.24) is 5.43 Å². The maximum absolute atomic E-state index is 13.0. The minimum atomic E-state index is -4.09. The van der Waals surface area contributed by atoms with Crippen LogP contribution in [-0.2, 0) is 10.0 Å². The van der Waals surface area contributed by atoms with Crippen molar-refractivity contribution < 1.29 is 17.9 Å². The van der Waals surface area contributed by atoms with Gasteiger partial charge in [-0.1, -0.05) is 35.9 Å². The lowest BCUT2D eigenvalue weighted by Gasteiger charge is -2.13. The zero-order valence-corrected chi connectivity index (χ0v) is 20.2. The summed E-state index contributed by atoms with van der Waals surface area (Å²) in [6.45, 7) is 5.79. The number of methoxy groups -OCH3 is 1. The summed E-state index contributed by atoms with van der Waals surface area (Å²) in [5.41, 5.74) is 6.58. The Labute approximate surface area is 198 Å². The Hall–Kier alpha value is -3.36. The predicted octanol–water partition coefficient (Wildman–Crippen LogP) is 4.92. The van der Waals surface area contributed by atoms with Crippen molar-refractivity contribution in [3.63, 3.8) is 0 Å². The van der Waals surface area contributed by atoms with Gasteiger partial charge in [0, 0.05) is 5.56 Å². The van der Waals surface area contributed by atoms with Crippen molar-refractivity contribution in [3.05, 3.63) is 87.9 Å². The van der Waals surface area contributed by atoms with Crippen molar-refractivity contribution in [1.29, 1.82) is 0 Å². The van der Waals surface area contributed by atoms with Gasteiger partial charge in [-0.05, 0) is 73.9 Å². The van der Waals surface area contributed by atoms with Gasteiger partial charge in [-0.2, -0.15) is 5.10 Å². The van der Waals surface area contributed by atoms with Crippen LogP contribution in [0.1, 0.15) is 34.0 Å². The minimum absolute atomic E-state index is 0.0243. The highest BCUT2D eigenvalue weighted by Crippen LogP contribution is 2.29. The van der Waals surface area contributed by atoms with Crippen LogP contribution in [0.5, 0.6) is 5.75 Å². The summed E-state index contributed by atoms with van der Waals surface area (Å²) >= 11 is 6.15. The van der Waals surface area contributed by atoms with Gasteiger partial charge in [0.2, 0.25) is 0 Å². The number of ether oxygens (including phenoxy) is 1. The Morgan fingerprint density at radius 3 is 2.36 bits per heavy atom. The van der Waals surface area contributed by atoms with Crippen molar-refractivity contribution >= 4 is 38.9 Å². The van der Waals surface area contributed by atoms with Crippen LogP contribution in [0.15, 0.2) is 70.7 Å². The molecule has 172 valence electrons. The number of carbonyl (C=O) groups excluding carboxylic acids is 1. The number of hydrogen-bond acceptors (Lipinski definition) is 5. The first-order valence-electron chi connectivity index (χ1n) is 10.00. The van der Waals surface area contributed by atoms with Crippen LogP contribution in [0.4, 0.5) is 5.69 Å². The van der Waals surface area contributed by atoms with E-state index in [-0.39, 0.29) is 21.2 Å². The molecule has 3 rings (SSSR count). The molecule has 0 aliphatic rings. The summed E-state index contributed by atoms with van der Waals surface area (Å²) in [6.07, 6.45) is 0. The molecule has 0 aromatic heterocycles. The van der Waals surface area contributed by atoms with Gasteiger partial charge < -0.3 is 4.74 Å². The third kappa shape index (κ3) is 5.71. The van der Waals surface area contributed by atoms with Crippen LogP contribution in [0.2, 0.25) is 5.02 Å². The number of benzene rings is 3. The van der Waals surface area contributed by atoms with Gasteiger partial charge in [-0.3, -0.25) is 9.52 Å². The van der Waals surface area contributed by atoms with Gasteiger partial charge in [0.15, 0.2) is 0 Å². The highest BCUT2D eigenvalue weighted by molar-refractivity contribution is 7.92. The summed E-state index contributed by atoms with van der Waals surface area (Å²) < 4.78 is 33.6. The lowest BCUT2D eigenvalue weighted by atomic mass is 10.0. The van der Waals surface area contributed by atoms with E-state index in [1.54, 1.807) is 31.2 Å². The topological polar surface area (TPSA) is 96.9 Å². The molecule has 0 saturated heterocycles. The van der Waals surface area contributed by atoms with E-state index < -0.39 is 15.9 Å². The molecule has 0 radical (unpaired) electrons. The second kappa shape index (κ2) is 10.1. The number of nitrogens with one attached hydrogen (secondary N) is 2. The normalized spacial score (nSPS) is 11.7. The third-order valence-corrected chi connectivity index (χ3v) is 6.93. The first-order chi connectivity index (χ1) is 15.6. The molecule has 3 aromatic carbocycles. The van der Waals surface area contributed by atoms with Crippen molar-refractivity contribution in [2.75, 3.05) is 11.8 Å². The second-order valence-electron chi connectivity index (χ2n) is 7.39. The summed E-state index contributed by atoms with van der Waals surface area (Å²) in [5, 5.41) is 4.12. The number of nitrogens with zero attached hydrogens (tertiary/aromatic N) is 1. The van der Waals surface area contributed by atoms with Gasteiger partial charge in [0.25, 0.3) is 15.9 Å². The SMILES string of the molecule is COc1ccccc1NS(=O)(=O)c1cc(C(=O)N/N=C(/C)c2ccc(C)c(C)c2)ccc1Cl. The molecule has 0 aliphatic carbocycles. The van der Waals surface area contributed by atoms with Gasteiger partial charge in [-0.25, -0.2) is 13.8 Å². The third-order valence-electron chi connectivity index (χ3n) is 5.08. The molecule has 0 unspecified atom stereocenters. The van der Waals surface area contributed by atoms with E-state index in [0.717, 1.165) is 16.7 Å². The minimum Gasteiger partial charge on any atom is -0.495 e. The Bertz CT molecular complexity index is 1340. The zero-order chi connectivity index (χ0) is 24.2. The summed E-state index contributed by atoms with van der Waals surface area (Å²) in [5.74, 6) is -0.217. The molecule has 0 aliphatic heterocycles. The molecule has 0 saturated carbocycles. The molecule has 33 heavy (non-hydrogen) atoms. The number of hydrazone groups is 1. The predicted molar refractivity (Wildman–Crippen MR) is 131 cm³/mol. The number of rotatable bonds is 7. The first kappa shape index (κ1) is 24.3. The molecule has 0 bridgehead atoms. The quantitative estimate of drug-likeness (QED) is 0.366. The number of hydrogen-bond donors (Lipinski definition) is 2. The number of para-hydroxylation sites is 2. The van der Waals surface area contributed by atoms with Gasteiger partial charge in [0.05, 0.1) is 23.5 Å². The second-order valence-corrected chi connectivity index (χ2v) is 9.45. The van der Waals surface area contributed by atoms with E-state index >= 15 is 0 Å². The number of anilines is 1. The van der Waals surface area contributed by atoms with Crippen LogP contribution in [0, 0.1) is 13.8 Å². The Morgan fingerprint density at radius 2 is 1.67 bits per heavy atom. The Morgan fingerprint density at radius 1 is 0.970 bits per heavy atom. The maximum Gasteiger partial charge on any atom is 0.271 e. The van der Waals surface area contributed by atoms with Gasteiger partial charge >= 0.3 is 0 Å². The highest BCUT2D eigenvalue weighted by Gasteiger charge is 2.22. The van der Waals surface area contributed by atoms with E-state index in [2.05, 4.69) is 15.2 Å². The fraction of sp³-hybridized carbons (Fsp3) is 0.167. The van der Waals surface area contributed by atoms with E-state index in [0.29, 0.717) is 11.5 Å². The number of carbonyl (C=O) groups is 1. The smallest absolute Gasteiger partial charge is 0.271 e. The highest BCUT2D eigenvalue weighted by atomic mass is 35.5. The molecule has 9 heteroatoms. The van der Waals surface area contributed by atoms with Crippen LogP contribution in [0.3, 0.4) is 0 Å². The van der Waals surface area contributed by atoms with Crippen LogP contribution >= 0.6 is 11.6 Å². The molecule has 0 heterocycles. The monoisotopic (exact) mass is 485 g/mol. The lowest BCUT2D eigenvalue weighted by molar-refractivity contribution is 0.0954. The zero-order valence-electron chi connectivity index (χ0n) is 18.6. The first-order valence-corrected chi connectivity index (χ1v) is 11.9. The van der Waals surface area contributed by atoms with Crippen LogP contribution in [0.25, 0.3) is 0 Å². The molecule has 7 nitrogen and oxygen atoms in total. The van der Waals surface area contributed by atoms with Crippen molar-refractivity contribution in [2.24, 2.45) is 5.10 Å². The van der Waals surface area contributed by atoms with Crippen molar-refractivity contribution in [3.8, 4) is 5.75 Å². The summed E-state index contributed by atoms with van der Waals surface area (Å²) in [7, 11) is -2.66. The molecule has 3 aromatic rings. The lowest BCUT2D eigenvalue weighted by Crippen LogP contribution is -2.20. The molecule has 0 spiro atoms. The van der Waals surface area contributed by atoms with E-state index in [1.807, 2.05) is 32.0 Å². The number of halogens is 1. The Balaban J connectivity index is 1.84. The summed E-state index contributed by atoms with van der Waals surface area (Å²) in [6, 6.07) is 16.4. The number of aryl methyl sites for hydroxylation is 2. The van der Waals surface area contributed by atoms with Gasteiger partial charge in [-0.15, -0.1) is 0 Å². The van der Waals surface area contributed by atoms with E-state index in [4.69, 9.17) is 16.3 Å². The fourth-order valence-corrected chi connectivity index (χ4v) is 4.61.